The van der Waals surface area contributed by atoms with E-state index in [0.717, 1.165) is 41.1 Å². The number of fused-ring (bicyclic) bond motifs is 3. The second-order valence-electron chi connectivity index (χ2n) is 20.9. The SMILES string of the molecule is CC(C)c1nc2c(c(-c3ccc(F)cc3)c1C=O)CCCN2S(C)(=O)=O.CC(C)c1nc2c(c(-c3ccc(F)cc3)c1CO)CCCN2S(C)(=O)=O.COC(=O)c1c(C(C)C)nc2c(c1-c1ccc(F)cc1)CCCN2S(C)(=O)=O. The third-order valence-electron chi connectivity index (χ3n) is 14.0. The van der Waals surface area contributed by atoms with Gasteiger partial charge in [0.2, 0.25) is 30.1 Å². The molecule has 3 aromatic heterocycles. The van der Waals surface area contributed by atoms with Gasteiger partial charge in [-0.25, -0.2) is 58.2 Å². The molecule has 0 atom stereocenters. The van der Waals surface area contributed by atoms with Crippen LogP contribution in [0.15, 0.2) is 72.8 Å². The number of aromatic nitrogens is 3. The Morgan fingerprint density at radius 3 is 1.21 bits per heavy atom. The second kappa shape index (κ2) is 24.5. The van der Waals surface area contributed by atoms with Crippen molar-refractivity contribution in [2.75, 3.05) is 58.4 Å². The Balaban J connectivity index is 0.000000174. The Bertz CT molecular complexity index is 3660. The molecular formula is C58H67F3N6O10S3. The van der Waals surface area contributed by atoms with Crippen molar-refractivity contribution in [2.24, 2.45) is 0 Å². The van der Waals surface area contributed by atoms with Gasteiger partial charge in [0.05, 0.1) is 55.1 Å². The topological polar surface area (TPSA) is 214 Å². The molecule has 3 aliphatic heterocycles. The first kappa shape index (κ1) is 60.9. The summed E-state index contributed by atoms with van der Waals surface area (Å²) in [5.74, 6) is -0.719. The number of nitrogens with zero attached hydrogens (tertiary/aromatic N) is 6. The molecule has 3 aliphatic rings. The minimum Gasteiger partial charge on any atom is -0.465 e. The van der Waals surface area contributed by atoms with Crippen LogP contribution in [0, 0.1) is 17.5 Å². The number of esters is 1. The van der Waals surface area contributed by atoms with Gasteiger partial charge in [-0.15, -0.1) is 0 Å². The molecule has 0 saturated heterocycles. The molecule has 0 spiro atoms. The van der Waals surface area contributed by atoms with E-state index in [1.807, 2.05) is 41.5 Å². The van der Waals surface area contributed by atoms with Crippen molar-refractivity contribution in [1.29, 1.82) is 0 Å². The van der Waals surface area contributed by atoms with E-state index in [-0.39, 0.29) is 36.0 Å². The lowest BCUT2D eigenvalue weighted by Crippen LogP contribution is -2.36. The molecule has 3 aromatic carbocycles. The number of methoxy groups -OCH3 is 1. The minimum absolute atomic E-state index is 0.00462. The molecule has 22 heteroatoms. The van der Waals surface area contributed by atoms with Crippen molar-refractivity contribution >= 4 is 59.8 Å². The highest BCUT2D eigenvalue weighted by Crippen LogP contribution is 2.44. The van der Waals surface area contributed by atoms with Gasteiger partial charge in [0, 0.05) is 58.6 Å². The summed E-state index contributed by atoms with van der Waals surface area (Å²) in [4.78, 5) is 38.4. The fourth-order valence-electron chi connectivity index (χ4n) is 10.5. The maximum Gasteiger partial charge on any atom is 0.340 e. The number of rotatable bonds is 12. The Kier molecular flexibility index (Phi) is 18.7. The van der Waals surface area contributed by atoms with Crippen LogP contribution < -0.4 is 12.9 Å². The zero-order valence-corrected chi connectivity index (χ0v) is 48.9. The number of sulfonamides is 3. The number of aliphatic hydroxyl groups excluding tert-OH is 1. The first-order valence-electron chi connectivity index (χ1n) is 26.2. The summed E-state index contributed by atoms with van der Waals surface area (Å²) in [5, 5.41) is 10.0. The van der Waals surface area contributed by atoms with Crippen molar-refractivity contribution < 1.29 is 57.9 Å². The number of hydrogen-bond donors (Lipinski definition) is 1. The van der Waals surface area contributed by atoms with Crippen LogP contribution >= 0.6 is 0 Å². The first-order valence-corrected chi connectivity index (χ1v) is 31.7. The van der Waals surface area contributed by atoms with Crippen LogP contribution in [-0.4, -0.2) is 103 Å². The zero-order valence-electron chi connectivity index (χ0n) is 46.5. The molecule has 0 unspecified atom stereocenters. The predicted molar refractivity (Wildman–Crippen MR) is 305 cm³/mol. The summed E-state index contributed by atoms with van der Waals surface area (Å²) in [5.41, 5.74) is 9.34. The molecule has 16 nitrogen and oxygen atoms in total. The molecule has 80 heavy (non-hydrogen) atoms. The number of carbonyl (C=O) groups is 2. The van der Waals surface area contributed by atoms with Crippen LogP contribution in [0.25, 0.3) is 33.4 Å². The predicted octanol–water partition coefficient (Wildman–Crippen LogP) is 10.3. The standard InChI is InChI=1S/C20H23FN2O4S.C19H23FN2O3S.C19H21FN2O3S/c1-12(2)18-17(20(24)27-3)16(13-7-9-14(21)10-8-13)15-6-5-11-23(19(15)22-18)28(4,25)26;2*1-12(2)18-16(11-23)17(13-6-8-14(20)9-7-13)15-5-4-10-22(19(15)21-18)26(3,24)25/h7-10,12H,5-6,11H2,1-4H3;6-9,12,23H,4-5,10-11H2,1-3H3;6-9,11-12H,4-5,10H2,1-3H3. The zero-order chi connectivity index (χ0) is 58.8. The molecule has 0 amide bonds. The van der Waals surface area contributed by atoms with E-state index in [0.29, 0.717) is 137 Å². The summed E-state index contributed by atoms with van der Waals surface area (Å²) in [6.07, 6.45) is 7.97. The van der Waals surface area contributed by atoms with Gasteiger partial charge in [-0.2, -0.15) is 0 Å². The highest BCUT2D eigenvalue weighted by molar-refractivity contribution is 7.92. The molecule has 0 fully saturated rings. The van der Waals surface area contributed by atoms with E-state index < -0.39 is 41.9 Å². The third-order valence-corrected chi connectivity index (χ3v) is 17.5. The maximum atomic E-state index is 13.5. The molecule has 9 rings (SSSR count). The van der Waals surface area contributed by atoms with Crippen molar-refractivity contribution in [3.8, 4) is 33.4 Å². The quantitative estimate of drug-likeness (QED) is 0.0893. The van der Waals surface area contributed by atoms with E-state index in [2.05, 4.69) is 15.0 Å². The lowest BCUT2D eigenvalue weighted by atomic mass is 9.88. The lowest BCUT2D eigenvalue weighted by molar-refractivity contribution is 0.0599. The van der Waals surface area contributed by atoms with Gasteiger partial charge >= 0.3 is 5.97 Å². The lowest BCUT2D eigenvalue weighted by Gasteiger charge is -2.32. The van der Waals surface area contributed by atoms with Crippen LogP contribution in [0.2, 0.25) is 0 Å². The van der Waals surface area contributed by atoms with Crippen molar-refractivity contribution in [1.82, 2.24) is 15.0 Å². The van der Waals surface area contributed by atoms with Crippen molar-refractivity contribution in [3.63, 3.8) is 0 Å². The first-order chi connectivity index (χ1) is 37.6. The maximum absolute atomic E-state index is 13.5. The smallest absolute Gasteiger partial charge is 0.340 e. The van der Waals surface area contributed by atoms with Gasteiger partial charge in [-0.3, -0.25) is 17.7 Å². The monoisotopic (exact) mass is 1160 g/mol. The number of pyridine rings is 3. The fraction of sp³-hybridized carbons (Fsp3) is 0.397. The number of ether oxygens (including phenoxy) is 1. The molecule has 0 radical (unpaired) electrons. The van der Waals surface area contributed by atoms with Crippen molar-refractivity contribution in [2.45, 2.75) is 104 Å². The van der Waals surface area contributed by atoms with Gasteiger partial charge in [0.15, 0.2) is 6.29 Å². The largest absolute Gasteiger partial charge is 0.465 e. The molecule has 0 aliphatic carbocycles. The Labute approximate surface area is 467 Å². The number of hydrogen-bond acceptors (Lipinski definition) is 13. The van der Waals surface area contributed by atoms with Crippen LogP contribution in [0.3, 0.4) is 0 Å². The third kappa shape index (κ3) is 12.9. The summed E-state index contributed by atoms with van der Waals surface area (Å²) in [7, 11) is -9.18. The molecular weight excluding hydrogens is 1090 g/mol. The van der Waals surface area contributed by atoms with Crippen molar-refractivity contribution in [3.05, 3.63) is 141 Å². The summed E-state index contributed by atoms with van der Waals surface area (Å²) in [6, 6.07) is 17.8. The number of benzene rings is 3. The van der Waals surface area contributed by atoms with Crippen LogP contribution in [0.1, 0.15) is 139 Å². The molecule has 6 aromatic rings. The molecule has 0 bridgehead atoms. The second-order valence-corrected chi connectivity index (χ2v) is 26.6. The van der Waals surface area contributed by atoms with Gasteiger partial charge in [0.25, 0.3) is 0 Å². The number of anilines is 3. The highest BCUT2D eigenvalue weighted by atomic mass is 32.2. The normalized spacial score (nSPS) is 14.4. The number of aldehydes is 1. The van der Waals surface area contributed by atoms with Crippen LogP contribution in [-0.2, 0) is 60.7 Å². The molecule has 428 valence electrons. The van der Waals surface area contributed by atoms with Gasteiger partial charge in [0.1, 0.15) is 34.9 Å². The molecule has 1 N–H and O–H groups in total. The molecule has 6 heterocycles. The van der Waals surface area contributed by atoms with E-state index >= 15 is 0 Å². The van der Waals surface area contributed by atoms with E-state index in [9.17, 15) is 53.1 Å². The van der Waals surface area contributed by atoms with Crippen LogP contribution in [0.5, 0.6) is 0 Å². The van der Waals surface area contributed by atoms with E-state index in [1.54, 1.807) is 36.4 Å². The Morgan fingerprint density at radius 1 is 0.550 bits per heavy atom. The fourth-order valence-corrected chi connectivity index (χ4v) is 13.3. The number of carbonyl (C=O) groups excluding carboxylic acids is 2. The number of halogens is 3. The molecule has 0 saturated carbocycles. The van der Waals surface area contributed by atoms with Gasteiger partial charge in [-0.1, -0.05) is 77.9 Å². The Hall–Kier alpha value is -6.75. The summed E-state index contributed by atoms with van der Waals surface area (Å²) >= 11 is 0. The minimum atomic E-state index is -3.53. The van der Waals surface area contributed by atoms with E-state index in [1.165, 1.54) is 62.7 Å². The highest BCUT2D eigenvalue weighted by Gasteiger charge is 2.36. The average molecular weight is 1160 g/mol. The van der Waals surface area contributed by atoms with Gasteiger partial charge in [-0.05, 0) is 115 Å². The van der Waals surface area contributed by atoms with Crippen LogP contribution in [0.4, 0.5) is 30.6 Å². The van der Waals surface area contributed by atoms with E-state index in [4.69, 9.17) is 4.74 Å². The number of aliphatic hydroxyl groups is 1. The summed E-state index contributed by atoms with van der Waals surface area (Å²) in [6.45, 7) is 12.3. The van der Waals surface area contributed by atoms with Gasteiger partial charge < -0.3 is 9.84 Å². The Morgan fingerprint density at radius 2 is 0.875 bits per heavy atom. The average Bonchev–Trinajstić information content (AvgIpc) is 3.41. The summed E-state index contributed by atoms with van der Waals surface area (Å²) < 4.78 is 123.